The average molecular weight is 340 g/mol. The van der Waals surface area contributed by atoms with E-state index < -0.39 is 11.4 Å². The van der Waals surface area contributed by atoms with Crippen molar-refractivity contribution >= 4 is 28.8 Å². The van der Waals surface area contributed by atoms with E-state index in [1.807, 2.05) is 63.2 Å². The Hall–Kier alpha value is -2.62. The van der Waals surface area contributed by atoms with E-state index in [-0.39, 0.29) is 19.2 Å². The molecular formula is C21H24O4. The molecular weight excluding hydrogens is 316 g/mol. The highest BCUT2D eigenvalue weighted by atomic mass is 16.6. The van der Waals surface area contributed by atoms with Gasteiger partial charge >= 0.3 is 11.9 Å². The van der Waals surface area contributed by atoms with E-state index in [4.69, 9.17) is 9.47 Å². The van der Waals surface area contributed by atoms with E-state index in [2.05, 4.69) is 0 Å². The molecule has 0 aromatic heterocycles. The van der Waals surface area contributed by atoms with E-state index in [9.17, 15) is 9.59 Å². The molecule has 4 heteroatoms. The fraction of sp³-hybridized carbons (Fsp3) is 0.333. The molecule has 0 spiro atoms. The molecule has 4 nitrogen and oxygen atoms in total. The summed E-state index contributed by atoms with van der Waals surface area (Å²) in [5.41, 5.74) is 0.409. The molecule has 132 valence electrons. The van der Waals surface area contributed by atoms with Crippen molar-refractivity contribution in [3.63, 3.8) is 0 Å². The van der Waals surface area contributed by atoms with Crippen LogP contribution >= 0.6 is 0 Å². The predicted molar refractivity (Wildman–Crippen MR) is 99.0 cm³/mol. The lowest BCUT2D eigenvalue weighted by atomic mass is 9.91. The Kier molecular flexibility index (Phi) is 6.34. The number of ether oxygens (including phenoxy) is 2. The predicted octanol–water partition coefficient (Wildman–Crippen LogP) is 4.38. The van der Waals surface area contributed by atoms with Crippen molar-refractivity contribution < 1.29 is 19.1 Å². The fourth-order valence-electron chi connectivity index (χ4n) is 2.14. The van der Waals surface area contributed by atoms with Gasteiger partial charge in [-0.3, -0.25) is 4.79 Å². The van der Waals surface area contributed by atoms with Crippen molar-refractivity contribution in [2.24, 2.45) is 5.41 Å². The molecule has 25 heavy (non-hydrogen) atoms. The van der Waals surface area contributed by atoms with Crippen LogP contribution < -0.4 is 0 Å². The van der Waals surface area contributed by atoms with Crippen molar-refractivity contribution in [1.29, 1.82) is 0 Å². The van der Waals surface area contributed by atoms with Crippen LogP contribution in [-0.4, -0.2) is 25.2 Å². The van der Waals surface area contributed by atoms with Crippen molar-refractivity contribution in [3.8, 4) is 0 Å². The maximum atomic E-state index is 11.8. The van der Waals surface area contributed by atoms with Crippen molar-refractivity contribution in [3.05, 3.63) is 54.1 Å². The van der Waals surface area contributed by atoms with Crippen LogP contribution in [-0.2, 0) is 19.1 Å². The third kappa shape index (κ3) is 5.45. The largest absolute Gasteiger partial charge is 0.462 e. The summed E-state index contributed by atoms with van der Waals surface area (Å²) in [6.45, 7) is 5.70. The molecule has 0 aliphatic carbocycles. The number of rotatable bonds is 7. The van der Waals surface area contributed by atoms with Gasteiger partial charge in [0.15, 0.2) is 0 Å². The van der Waals surface area contributed by atoms with Crippen LogP contribution in [0.1, 0.15) is 32.8 Å². The minimum absolute atomic E-state index is 0.0480. The number of benzene rings is 2. The Labute approximate surface area is 148 Å². The third-order valence-corrected chi connectivity index (χ3v) is 4.18. The summed E-state index contributed by atoms with van der Waals surface area (Å²) in [5, 5.41) is 2.27. The van der Waals surface area contributed by atoms with E-state index in [0.717, 1.165) is 16.3 Å². The van der Waals surface area contributed by atoms with Gasteiger partial charge in [0.2, 0.25) is 0 Å². The SMILES string of the molecule is CCC(C)(C)C(=O)OCCOC(=O)/C=C/c1ccc2ccccc2c1. The summed E-state index contributed by atoms with van der Waals surface area (Å²) >= 11 is 0. The second-order valence-corrected chi connectivity index (χ2v) is 6.48. The Morgan fingerprint density at radius 2 is 1.68 bits per heavy atom. The molecule has 0 amide bonds. The normalized spacial score (nSPS) is 11.6. The summed E-state index contributed by atoms with van der Waals surface area (Å²) in [6, 6.07) is 14.0. The Balaban J connectivity index is 1.79. The maximum absolute atomic E-state index is 11.8. The number of fused-ring (bicyclic) bond motifs is 1. The first-order chi connectivity index (χ1) is 11.9. The molecule has 0 atom stereocenters. The van der Waals surface area contributed by atoms with Crippen LogP contribution in [0.15, 0.2) is 48.5 Å². The maximum Gasteiger partial charge on any atom is 0.330 e. The van der Waals surface area contributed by atoms with E-state index in [1.165, 1.54) is 6.08 Å². The molecule has 0 bridgehead atoms. The zero-order chi connectivity index (χ0) is 18.3. The molecule has 0 N–H and O–H groups in total. The molecule has 0 saturated carbocycles. The zero-order valence-electron chi connectivity index (χ0n) is 15.0. The lowest BCUT2D eigenvalue weighted by Crippen LogP contribution is -2.27. The van der Waals surface area contributed by atoms with Crippen LogP contribution in [0, 0.1) is 5.41 Å². The highest BCUT2D eigenvalue weighted by Gasteiger charge is 2.26. The number of hydrogen-bond donors (Lipinski definition) is 0. The molecule has 0 radical (unpaired) electrons. The molecule has 0 unspecified atom stereocenters. The smallest absolute Gasteiger partial charge is 0.330 e. The van der Waals surface area contributed by atoms with Gasteiger partial charge in [-0.05, 0) is 48.7 Å². The lowest BCUT2D eigenvalue weighted by Gasteiger charge is -2.20. The van der Waals surface area contributed by atoms with Gasteiger partial charge in [0.25, 0.3) is 0 Å². The highest BCUT2D eigenvalue weighted by Crippen LogP contribution is 2.21. The first-order valence-corrected chi connectivity index (χ1v) is 8.43. The molecule has 2 aromatic rings. The van der Waals surface area contributed by atoms with Crippen LogP contribution in [0.25, 0.3) is 16.8 Å². The molecule has 0 saturated heterocycles. The fourth-order valence-corrected chi connectivity index (χ4v) is 2.14. The summed E-state index contributed by atoms with van der Waals surface area (Å²) in [4.78, 5) is 23.5. The number of carbonyl (C=O) groups is 2. The second kappa shape index (κ2) is 8.47. The summed E-state index contributed by atoms with van der Waals surface area (Å²) in [7, 11) is 0. The molecule has 0 fully saturated rings. The average Bonchev–Trinajstić information content (AvgIpc) is 2.63. The monoisotopic (exact) mass is 340 g/mol. The first-order valence-electron chi connectivity index (χ1n) is 8.43. The number of hydrogen-bond acceptors (Lipinski definition) is 4. The number of carbonyl (C=O) groups excluding carboxylic acids is 2. The molecule has 0 heterocycles. The third-order valence-electron chi connectivity index (χ3n) is 4.18. The van der Waals surface area contributed by atoms with Crippen LogP contribution in [0.4, 0.5) is 0 Å². The molecule has 2 rings (SSSR count). The van der Waals surface area contributed by atoms with Gasteiger partial charge in [0.05, 0.1) is 5.41 Å². The molecule has 0 aliphatic heterocycles. The Morgan fingerprint density at radius 3 is 2.40 bits per heavy atom. The first kappa shape index (κ1) is 18.7. The van der Waals surface area contributed by atoms with Gasteiger partial charge in [-0.1, -0.05) is 43.3 Å². The van der Waals surface area contributed by atoms with Gasteiger partial charge in [0.1, 0.15) is 13.2 Å². The van der Waals surface area contributed by atoms with Gasteiger partial charge in [-0.15, -0.1) is 0 Å². The van der Waals surface area contributed by atoms with Crippen molar-refractivity contribution in [1.82, 2.24) is 0 Å². The molecule has 0 aliphatic rings. The van der Waals surface area contributed by atoms with Gasteiger partial charge in [-0.25, -0.2) is 4.79 Å². The summed E-state index contributed by atoms with van der Waals surface area (Å²) in [6.07, 6.45) is 3.78. The topological polar surface area (TPSA) is 52.6 Å². The van der Waals surface area contributed by atoms with E-state index in [1.54, 1.807) is 6.08 Å². The van der Waals surface area contributed by atoms with E-state index in [0.29, 0.717) is 6.42 Å². The summed E-state index contributed by atoms with van der Waals surface area (Å²) < 4.78 is 10.2. The van der Waals surface area contributed by atoms with Crippen LogP contribution in [0.3, 0.4) is 0 Å². The number of esters is 2. The minimum atomic E-state index is -0.514. The van der Waals surface area contributed by atoms with Gasteiger partial charge < -0.3 is 9.47 Å². The van der Waals surface area contributed by atoms with Crippen molar-refractivity contribution in [2.75, 3.05) is 13.2 Å². The lowest BCUT2D eigenvalue weighted by molar-refractivity contribution is -0.157. The standard InChI is InChI=1S/C21H24O4/c1-4-21(2,3)20(23)25-14-13-24-19(22)12-10-16-9-11-17-7-5-6-8-18(17)15-16/h5-12,15H,4,13-14H2,1-3H3/b12-10+. The Bertz CT molecular complexity index is 774. The highest BCUT2D eigenvalue weighted by molar-refractivity contribution is 5.89. The van der Waals surface area contributed by atoms with Crippen LogP contribution in [0.5, 0.6) is 0 Å². The molecule has 2 aromatic carbocycles. The Morgan fingerprint density at radius 1 is 1.00 bits per heavy atom. The summed E-state index contributed by atoms with van der Waals surface area (Å²) in [5.74, 6) is -0.739. The van der Waals surface area contributed by atoms with E-state index >= 15 is 0 Å². The quantitative estimate of drug-likeness (QED) is 0.426. The van der Waals surface area contributed by atoms with Gasteiger partial charge in [-0.2, -0.15) is 0 Å². The zero-order valence-corrected chi connectivity index (χ0v) is 15.0. The second-order valence-electron chi connectivity index (χ2n) is 6.48. The minimum Gasteiger partial charge on any atom is -0.462 e. The van der Waals surface area contributed by atoms with Crippen molar-refractivity contribution in [2.45, 2.75) is 27.2 Å². The van der Waals surface area contributed by atoms with Gasteiger partial charge in [0, 0.05) is 6.08 Å². The van der Waals surface area contributed by atoms with Crippen LogP contribution in [0.2, 0.25) is 0 Å².